The number of carbonyl (C=O) groups excluding carboxylic acids is 1. The van der Waals surface area contributed by atoms with E-state index >= 15 is 0 Å². The zero-order valence-electron chi connectivity index (χ0n) is 16.5. The van der Waals surface area contributed by atoms with Crippen LogP contribution in [-0.2, 0) is 0 Å². The molecule has 0 radical (unpaired) electrons. The summed E-state index contributed by atoms with van der Waals surface area (Å²) in [6.45, 7) is 3.25. The fourth-order valence-electron chi connectivity index (χ4n) is 5.04. The van der Waals surface area contributed by atoms with Crippen LogP contribution in [0.25, 0.3) is 5.69 Å². The van der Waals surface area contributed by atoms with Gasteiger partial charge < -0.3 is 10.2 Å². The lowest BCUT2D eigenvalue weighted by Gasteiger charge is -2.44. The Morgan fingerprint density at radius 1 is 1.04 bits per heavy atom. The summed E-state index contributed by atoms with van der Waals surface area (Å²) in [5, 5.41) is 8.03. The first-order valence-corrected chi connectivity index (χ1v) is 11.0. The van der Waals surface area contributed by atoms with Crippen LogP contribution >= 0.6 is 0 Å². The van der Waals surface area contributed by atoms with Crippen molar-refractivity contribution in [3.05, 3.63) is 47.8 Å². The van der Waals surface area contributed by atoms with Crippen molar-refractivity contribution in [1.82, 2.24) is 20.0 Å². The van der Waals surface area contributed by atoms with E-state index in [1.807, 2.05) is 41.1 Å². The smallest absolute Gasteiger partial charge is 0.270 e. The van der Waals surface area contributed by atoms with Gasteiger partial charge in [0.2, 0.25) is 0 Å². The molecule has 0 spiro atoms. The van der Waals surface area contributed by atoms with Gasteiger partial charge >= 0.3 is 0 Å². The van der Waals surface area contributed by atoms with Crippen molar-refractivity contribution in [3.8, 4) is 5.69 Å². The predicted octanol–water partition coefficient (Wildman–Crippen LogP) is 3.74. The first-order valence-electron chi connectivity index (χ1n) is 11.0. The molecule has 2 atom stereocenters. The molecular formula is C23H30N4O. The maximum Gasteiger partial charge on any atom is 0.270 e. The second-order valence-corrected chi connectivity index (χ2v) is 8.69. The largest absolute Gasteiger partial charge is 0.350 e. The Kier molecular flexibility index (Phi) is 4.93. The van der Waals surface area contributed by atoms with Crippen LogP contribution < -0.4 is 5.32 Å². The van der Waals surface area contributed by atoms with Crippen LogP contribution in [0.4, 0.5) is 0 Å². The molecule has 1 N–H and O–H groups in total. The third-order valence-electron chi connectivity index (χ3n) is 6.71. The molecule has 2 unspecified atom stereocenters. The summed E-state index contributed by atoms with van der Waals surface area (Å²) in [6, 6.07) is 12.7. The number of piperidine rings is 2. The Morgan fingerprint density at radius 3 is 2.68 bits per heavy atom. The number of hydrogen-bond donors (Lipinski definition) is 1. The third kappa shape index (κ3) is 3.60. The van der Waals surface area contributed by atoms with E-state index in [9.17, 15) is 4.79 Å². The molecule has 0 bridgehead atoms. The van der Waals surface area contributed by atoms with Gasteiger partial charge in [-0.15, -0.1) is 0 Å². The Balaban J connectivity index is 1.32. The van der Waals surface area contributed by atoms with Crippen molar-refractivity contribution in [2.24, 2.45) is 5.92 Å². The van der Waals surface area contributed by atoms with E-state index in [1.165, 1.54) is 58.0 Å². The number of amides is 1. The van der Waals surface area contributed by atoms with Crippen molar-refractivity contribution in [3.63, 3.8) is 0 Å². The van der Waals surface area contributed by atoms with E-state index in [0.717, 1.165) is 17.9 Å². The summed E-state index contributed by atoms with van der Waals surface area (Å²) in [5.41, 5.74) is 2.69. The van der Waals surface area contributed by atoms with E-state index in [0.29, 0.717) is 23.6 Å². The number of benzene rings is 1. The minimum Gasteiger partial charge on any atom is -0.350 e. The number of aromatic nitrogens is 2. The SMILES string of the molecule is O=C(NCC1CCCN2CCCCC12)c1cc(C2CC2)nn1-c1ccccc1. The quantitative estimate of drug-likeness (QED) is 0.862. The van der Waals surface area contributed by atoms with Gasteiger partial charge in [-0.05, 0) is 75.7 Å². The number of para-hydroxylation sites is 1. The number of hydrogen-bond acceptors (Lipinski definition) is 3. The summed E-state index contributed by atoms with van der Waals surface area (Å²) in [6.07, 6.45) is 8.80. The predicted molar refractivity (Wildman–Crippen MR) is 110 cm³/mol. The van der Waals surface area contributed by atoms with E-state index in [2.05, 4.69) is 10.2 Å². The molecule has 1 aliphatic carbocycles. The van der Waals surface area contributed by atoms with Gasteiger partial charge in [0, 0.05) is 18.5 Å². The van der Waals surface area contributed by atoms with E-state index < -0.39 is 0 Å². The van der Waals surface area contributed by atoms with Crippen LogP contribution in [-0.4, -0.2) is 46.3 Å². The van der Waals surface area contributed by atoms with Gasteiger partial charge in [0.15, 0.2) is 0 Å². The Hall–Kier alpha value is -2.14. The third-order valence-corrected chi connectivity index (χ3v) is 6.71. The highest BCUT2D eigenvalue weighted by atomic mass is 16.2. The maximum atomic E-state index is 13.1. The van der Waals surface area contributed by atoms with Crippen LogP contribution in [0.2, 0.25) is 0 Å². The first-order chi connectivity index (χ1) is 13.8. The topological polar surface area (TPSA) is 50.2 Å². The molecular weight excluding hydrogens is 348 g/mol. The average Bonchev–Trinajstić information content (AvgIpc) is 3.51. The summed E-state index contributed by atoms with van der Waals surface area (Å²) in [7, 11) is 0. The van der Waals surface area contributed by atoms with Crippen LogP contribution in [0.1, 0.15) is 67.0 Å². The molecule has 3 aliphatic rings. The Bertz CT molecular complexity index is 824. The monoisotopic (exact) mass is 378 g/mol. The van der Waals surface area contributed by atoms with Crippen LogP contribution in [0.5, 0.6) is 0 Å². The highest BCUT2D eigenvalue weighted by Crippen LogP contribution is 2.39. The lowest BCUT2D eigenvalue weighted by Crippen LogP contribution is -2.51. The van der Waals surface area contributed by atoms with Gasteiger partial charge in [-0.3, -0.25) is 4.79 Å². The van der Waals surface area contributed by atoms with Gasteiger partial charge in [-0.1, -0.05) is 24.6 Å². The molecule has 1 aromatic heterocycles. The van der Waals surface area contributed by atoms with Gasteiger partial charge in [0.1, 0.15) is 5.69 Å². The number of nitrogens with zero attached hydrogens (tertiary/aromatic N) is 3. The summed E-state index contributed by atoms with van der Waals surface area (Å²) >= 11 is 0. The zero-order valence-corrected chi connectivity index (χ0v) is 16.5. The van der Waals surface area contributed by atoms with Crippen molar-refractivity contribution >= 4 is 5.91 Å². The van der Waals surface area contributed by atoms with Gasteiger partial charge in [0.25, 0.3) is 5.91 Å². The molecule has 5 heteroatoms. The molecule has 28 heavy (non-hydrogen) atoms. The maximum absolute atomic E-state index is 13.1. The molecule has 1 amide bonds. The fraction of sp³-hybridized carbons (Fsp3) is 0.565. The molecule has 1 aromatic carbocycles. The second-order valence-electron chi connectivity index (χ2n) is 8.69. The molecule has 2 aliphatic heterocycles. The lowest BCUT2D eigenvalue weighted by atomic mass is 9.83. The van der Waals surface area contributed by atoms with Crippen molar-refractivity contribution < 1.29 is 4.79 Å². The van der Waals surface area contributed by atoms with Gasteiger partial charge in [0.05, 0.1) is 11.4 Å². The number of nitrogens with one attached hydrogen (secondary N) is 1. The van der Waals surface area contributed by atoms with Crippen LogP contribution in [0.3, 0.4) is 0 Å². The van der Waals surface area contributed by atoms with E-state index in [4.69, 9.17) is 5.10 Å². The minimum atomic E-state index is 0.0104. The average molecular weight is 379 g/mol. The first kappa shape index (κ1) is 17.9. The molecule has 3 heterocycles. The Labute approximate surface area is 167 Å². The molecule has 2 aromatic rings. The van der Waals surface area contributed by atoms with Gasteiger partial charge in [-0.2, -0.15) is 5.10 Å². The van der Waals surface area contributed by atoms with Crippen molar-refractivity contribution in [2.45, 2.75) is 56.9 Å². The summed E-state index contributed by atoms with van der Waals surface area (Å²) in [5.74, 6) is 1.12. The second kappa shape index (κ2) is 7.70. The van der Waals surface area contributed by atoms with E-state index in [-0.39, 0.29) is 5.91 Å². The lowest BCUT2D eigenvalue weighted by molar-refractivity contribution is 0.0574. The van der Waals surface area contributed by atoms with Crippen LogP contribution in [0.15, 0.2) is 36.4 Å². The van der Waals surface area contributed by atoms with Crippen LogP contribution in [0, 0.1) is 5.92 Å². The molecule has 5 rings (SSSR count). The summed E-state index contributed by atoms with van der Waals surface area (Å²) < 4.78 is 1.83. The molecule has 1 saturated carbocycles. The normalized spacial score (nSPS) is 25.3. The van der Waals surface area contributed by atoms with Crippen molar-refractivity contribution in [2.75, 3.05) is 19.6 Å². The standard InChI is InChI=1S/C23H30N4O/c28-23(24-16-18-7-6-14-26-13-5-4-10-21(18)26)22-15-20(17-11-12-17)25-27(22)19-8-2-1-3-9-19/h1-3,8-9,15,17-18,21H,4-7,10-14,16H2,(H,24,28). The minimum absolute atomic E-state index is 0.0104. The molecule has 5 nitrogen and oxygen atoms in total. The zero-order chi connectivity index (χ0) is 18.9. The Morgan fingerprint density at radius 2 is 1.86 bits per heavy atom. The highest BCUT2D eigenvalue weighted by molar-refractivity contribution is 5.93. The van der Waals surface area contributed by atoms with Gasteiger partial charge in [-0.25, -0.2) is 4.68 Å². The van der Waals surface area contributed by atoms with Crippen molar-refractivity contribution in [1.29, 1.82) is 0 Å². The molecule has 2 saturated heterocycles. The molecule has 3 fully saturated rings. The number of fused-ring (bicyclic) bond motifs is 1. The number of carbonyl (C=O) groups is 1. The molecule has 148 valence electrons. The highest BCUT2D eigenvalue weighted by Gasteiger charge is 2.33. The number of rotatable bonds is 5. The van der Waals surface area contributed by atoms with E-state index in [1.54, 1.807) is 0 Å². The summed E-state index contributed by atoms with van der Waals surface area (Å²) in [4.78, 5) is 15.8. The fourth-order valence-corrected chi connectivity index (χ4v) is 5.04.